The van der Waals surface area contributed by atoms with Crippen LogP contribution in [0.5, 0.6) is 5.75 Å². The lowest BCUT2D eigenvalue weighted by Gasteiger charge is -2.36. The predicted octanol–water partition coefficient (Wildman–Crippen LogP) is 4.03. The van der Waals surface area contributed by atoms with Gasteiger partial charge in [0, 0.05) is 0 Å². The number of halogens is 2. The zero-order valence-corrected chi connectivity index (χ0v) is 12.2. The van der Waals surface area contributed by atoms with Gasteiger partial charge in [0.25, 0.3) is 6.43 Å². The average Bonchev–Trinajstić information content (AvgIpc) is 2.59. The number of carbonyl (C=O) groups is 1. The third kappa shape index (κ3) is 3.26. The molecule has 1 heterocycles. The van der Waals surface area contributed by atoms with Gasteiger partial charge in [-0.1, -0.05) is 42.5 Å². The van der Waals surface area contributed by atoms with Crippen LogP contribution in [0.2, 0.25) is 0 Å². The fourth-order valence-corrected chi connectivity index (χ4v) is 2.54. The number of fused-ring (bicyclic) bond motifs is 1. The van der Waals surface area contributed by atoms with Gasteiger partial charge >= 0.3 is 6.09 Å². The smallest absolute Gasteiger partial charge is 0.415 e. The minimum Gasteiger partial charge on any atom is -0.489 e. The van der Waals surface area contributed by atoms with Gasteiger partial charge in [0.1, 0.15) is 12.4 Å². The van der Waals surface area contributed by atoms with Crippen LogP contribution in [0.3, 0.4) is 0 Å². The molecule has 120 valence electrons. The summed E-state index contributed by atoms with van der Waals surface area (Å²) in [6.07, 6.45) is -3.51. The molecule has 0 saturated heterocycles. The quantitative estimate of drug-likeness (QED) is 0.857. The molecule has 1 atom stereocenters. The lowest BCUT2D eigenvalue weighted by molar-refractivity contribution is 0.0499. The lowest BCUT2D eigenvalue weighted by Crippen LogP contribution is -2.41. The van der Waals surface area contributed by atoms with Crippen molar-refractivity contribution in [3.05, 3.63) is 60.2 Å². The van der Waals surface area contributed by atoms with Gasteiger partial charge < -0.3 is 9.47 Å². The Hall–Kier alpha value is -2.63. The summed E-state index contributed by atoms with van der Waals surface area (Å²) in [6, 6.07) is 15.8. The molecule has 23 heavy (non-hydrogen) atoms. The molecular weight excluding hydrogens is 304 g/mol. The Morgan fingerprint density at radius 3 is 2.61 bits per heavy atom. The van der Waals surface area contributed by atoms with Gasteiger partial charge in [-0.15, -0.1) is 0 Å². The minimum atomic E-state index is -2.70. The van der Waals surface area contributed by atoms with E-state index in [1.54, 1.807) is 24.3 Å². The van der Waals surface area contributed by atoms with Crippen molar-refractivity contribution in [2.24, 2.45) is 0 Å². The zero-order chi connectivity index (χ0) is 16.2. The Kier molecular flexibility index (Phi) is 4.41. The molecule has 0 aromatic heterocycles. The number of ether oxygens (including phenoxy) is 2. The molecule has 0 spiro atoms. The third-order valence-corrected chi connectivity index (χ3v) is 3.55. The van der Waals surface area contributed by atoms with Crippen LogP contribution >= 0.6 is 0 Å². The van der Waals surface area contributed by atoms with Crippen molar-refractivity contribution in [1.82, 2.24) is 0 Å². The summed E-state index contributed by atoms with van der Waals surface area (Å²) < 4.78 is 35.1. The van der Waals surface area contributed by atoms with E-state index in [1.165, 1.54) is 4.90 Å². The normalized spacial score (nSPS) is 16.7. The first-order chi connectivity index (χ1) is 11.2. The molecule has 0 aliphatic carbocycles. The van der Waals surface area contributed by atoms with Gasteiger partial charge in [-0.2, -0.15) is 0 Å². The van der Waals surface area contributed by atoms with E-state index in [0.717, 1.165) is 5.56 Å². The standard InChI is InChI=1S/C17H15F2NO3/c18-16(19)11-23-17(21)20-13-8-4-5-9-15(13)22-10-14(20)12-6-2-1-3-7-12/h1-9,14,16H,10-11H2. The van der Waals surface area contributed by atoms with Crippen molar-refractivity contribution in [2.45, 2.75) is 12.5 Å². The molecular formula is C17H15F2NO3. The maximum atomic E-state index is 12.4. The largest absolute Gasteiger partial charge is 0.489 e. The van der Waals surface area contributed by atoms with E-state index < -0.39 is 25.2 Å². The van der Waals surface area contributed by atoms with Gasteiger partial charge in [0.05, 0.1) is 11.7 Å². The first kappa shape index (κ1) is 15.3. The van der Waals surface area contributed by atoms with Crippen LogP contribution in [0.15, 0.2) is 54.6 Å². The highest BCUT2D eigenvalue weighted by atomic mass is 19.3. The zero-order valence-electron chi connectivity index (χ0n) is 12.2. The van der Waals surface area contributed by atoms with Gasteiger partial charge in [-0.25, -0.2) is 13.6 Å². The van der Waals surface area contributed by atoms with Gasteiger partial charge in [-0.05, 0) is 17.7 Å². The first-order valence-corrected chi connectivity index (χ1v) is 7.17. The van der Waals surface area contributed by atoms with Crippen LogP contribution in [0.25, 0.3) is 0 Å². The third-order valence-electron chi connectivity index (χ3n) is 3.55. The Labute approximate surface area is 132 Å². The van der Waals surface area contributed by atoms with Crippen molar-refractivity contribution in [3.63, 3.8) is 0 Å². The molecule has 6 heteroatoms. The second-order valence-electron chi connectivity index (χ2n) is 5.04. The molecule has 2 aromatic rings. The van der Waals surface area contributed by atoms with E-state index in [2.05, 4.69) is 0 Å². The molecule has 0 saturated carbocycles. The topological polar surface area (TPSA) is 38.8 Å². The highest BCUT2D eigenvalue weighted by Crippen LogP contribution is 2.39. The fraction of sp³-hybridized carbons (Fsp3) is 0.235. The highest BCUT2D eigenvalue weighted by molar-refractivity contribution is 5.91. The molecule has 1 aliphatic heterocycles. The summed E-state index contributed by atoms with van der Waals surface area (Å²) in [4.78, 5) is 13.7. The Morgan fingerprint density at radius 1 is 1.17 bits per heavy atom. The first-order valence-electron chi connectivity index (χ1n) is 7.17. The van der Waals surface area contributed by atoms with E-state index >= 15 is 0 Å². The number of anilines is 1. The second-order valence-corrected chi connectivity index (χ2v) is 5.04. The van der Waals surface area contributed by atoms with Crippen molar-refractivity contribution in [2.75, 3.05) is 18.1 Å². The monoisotopic (exact) mass is 319 g/mol. The van der Waals surface area contributed by atoms with Crippen LogP contribution in [-0.4, -0.2) is 25.7 Å². The molecule has 0 N–H and O–H groups in total. The van der Waals surface area contributed by atoms with Crippen molar-refractivity contribution in [3.8, 4) is 5.75 Å². The minimum absolute atomic E-state index is 0.227. The van der Waals surface area contributed by atoms with Gasteiger partial charge in [-0.3, -0.25) is 4.90 Å². The second kappa shape index (κ2) is 6.64. The summed E-state index contributed by atoms with van der Waals surface area (Å²) in [6.45, 7) is -0.704. The molecule has 2 aromatic carbocycles. The maximum Gasteiger partial charge on any atom is 0.415 e. The number of nitrogens with zero attached hydrogens (tertiary/aromatic N) is 1. The molecule has 0 fully saturated rings. The summed E-state index contributed by atoms with van der Waals surface area (Å²) in [5, 5.41) is 0. The number of hydrogen-bond donors (Lipinski definition) is 0. The number of hydrogen-bond acceptors (Lipinski definition) is 3. The Morgan fingerprint density at radius 2 is 1.87 bits per heavy atom. The van der Waals surface area contributed by atoms with Crippen LogP contribution < -0.4 is 9.64 Å². The summed E-state index contributed by atoms with van der Waals surface area (Å²) in [5.41, 5.74) is 1.35. The van der Waals surface area contributed by atoms with E-state index in [1.807, 2.05) is 30.3 Å². The van der Waals surface area contributed by atoms with E-state index in [9.17, 15) is 13.6 Å². The van der Waals surface area contributed by atoms with Crippen LogP contribution in [0.4, 0.5) is 19.3 Å². The van der Waals surface area contributed by atoms with E-state index in [4.69, 9.17) is 9.47 Å². The van der Waals surface area contributed by atoms with Crippen LogP contribution in [-0.2, 0) is 4.74 Å². The highest BCUT2D eigenvalue weighted by Gasteiger charge is 2.34. The SMILES string of the molecule is O=C(OCC(F)F)N1c2ccccc2OCC1c1ccccc1. The van der Waals surface area contributed by atoms with Gasteiger partial charge in [0.2, 0.25) is 0 Å². The molecule has 1 amide bonds. The van der Waals surface area contributed by atoms with E-state index in [0.29, 0.717) is 11.4 Å². The number of alkyl halides is 2. The molecule has 4 nitrogen and oxygen atoms in total. The molecule has 1 aliphatic rings. The molecule has 1 unspecified atom stereocenters. The van der Waals surface area contributed by atoms with Crippen molar-refractivity contribution >= 4 is 11.8 Å². The lowest BCUT2D eigenvalue weighted by atomic mass is 10.0. The van der Waals surface area contributed by atoms with Crippen molar-refractivity contribution < 1.29 is 23.0 Å². The number of para-hydroxylation sites is 2. The number of rotatable bonds is 3. The van der Waals surface area contributed by atoms with Crippen LogP contribution in [0, 0.1) is 0 Å². The maximum absolute atomic E-state index is 12.4. The summed E-state index contributed by atoms with van der Waals surface area (Å²) in [5.74, 6) is 0.522. The summed E-state index contributed by atoms with van der Waals surface area (Å²) in [7, 11) is 0. The Balaban J connectivity index is 1.95. The fourth-order valence-electron chi connectivity index (χ4n) is 2.54. The molecule has 3 rings (SSSR count). The van der Waals surface area contributed by atoms with Crippen molar-refractivity contribution in [1.29, 1.82) is 0 Å². The van der Waals surface area contributed by atoms with Crippen LogP contribution in [0.1, 0.15) is 11.6 Å². The molecule has 0 bridgehead atoms. The number of benzene rings is 2. The Bertz CT molecular complexity index is 679. The molecule has 0 radical (unpaired) electrons. The predicted molar refractivity (Wildman–Crippen MR) is 81.0 cm³/mol. The summed E-state index contributed by atoms with van der Waals surface area (Å²) >= 11 is 0. The number of carbonyl (C=O) groups excluding carboxylic acids is 1. The van der Waals surface area contributed by atoms with E-state index in [-0.39, 0.29) is 6.61 Å². The number of amides is 1. The van der Waals surface area contributed by atoms with Gasteiger partial charge in [0.15, 0.2) is 6.61 Å². The average molecular weight is 319 g/mol.